The van der Waals surface area contributed by atoms with E-state index in [-0.39, 0.29) is 23.6 Å². The predicted molar refractivity (Wildman–Crippen MR) is 120 cm³/mol. The Morgan fingerprint density at radius 1 is 0.871 bits per heavy atom. The molecule has 4 rings (SSSR count). The standard InChI is InChI=1S/C26H22N2O3/c1-3-31-26(30)23-22(25(29)20-12-8-5-9-13-20)24(19-10-6-4-7-11-19)28(27-23)21-16-14-18(2)15-17-21/h4-17H,3H2,1-2H3. The molecule has 0 bridgehead atoms. The van der Waals surface area contributed by atoms with Gasteiger partial charge in [0.25, 0.3) is 0 Å². The molecule has 0 saturated heterocycles. The number of rotatable bonds is 6. The molecular formula is C26H22N2O3. The maximum absolute atomic E-state index is 13.6. The number of benzene rings is 3. The number of hydrogen-bond donors (Lipinski definition) is 0. The lowest BCUT2D eigenvalue weighted by Crippen LogP contribution is -2.12. The second-order valence-electron chi connectivity index (χ2n) is 7.10. The van der Waals surface area contributed by atoms with Gasteiger partial charge in [-0.15, -0.1) is 0 Å². The molecule has 1 aromatic heterocycles. The van der Waals surface area contributed by atoms with Crippen LogP contribution in [0.25, 0.3) is 16.9 Å². The third-order valence-corrected chi connectivity index (χ3v) is 4.94. The summed E-state index contributed by atoms with van der Waals surface area (Å²) in [7, 11) is 0. The Balaban J connectivity index is 2.03. The number of aromatic nitrogens is 2. The van der Waals surface area contributed by atoms with Gasteiger partial charge in [-0.25, -0.2) is 9.48 Å². The van der Waals surface area contributed by atoms with Crippen LogP contribution in [0.5, 0.6) is 0 Å². The molecule has 5 nitrogen and oxygen atoms in total. The Morgan fingerprint density at radius 2 is 1.48 bits per heavy atom. The molecule has 0 aliphatic rings. The predicted octanol–water partition coefficient (Wildman–Crippen LogP) is 5.26. The van der Waals surface area contributed by atoms with Crippen molar-refractivity contribution in [3.8, 4) is 16.9 Å². The van der Waals surface area contributed by atoms with E-state index in [4.69, 9.17) is 4.74 Å². The Bertz CT molecular complexity index is 1210. The van der Waals surface area contributed by atoms with Crippen LogP contribution < -0.4 is 0 Å². The molecule has 0 unspecified atom stereocenters. The highest BCUT2D eigenvalue weighted by Crippen LogP contribution is 2.31. The Hall–Kier alpha value is -3.99. The third kappa shape index (κ3) is 4.03. The van der Waals surface area contributed by atoms with Gasteiger partial charge in [0.1, 0.15) is 0 Å². The van der Waals surface area contributed by atoms with Crippen molar-refractivity contribution in [3.05, 3.63) is 107 Å². The summed E-state index contributed by atoms with van der Waals surface area (Å²) in [6, 6.07) is 26.2. The smallest absolute Gasteiger partial charge is 0.359 e. The number of esters is 1. The summed E-state index contributed by atoms with van der Waals surface area (Å²) in [6.45, 7) is 3.92. The highest BCUT2D eigenvalue weighted by atomic mass is 16.5. The van der Waals surface area contributed by atoms with Gasteiger partial charge in [-0.05, 0) is 26.0 Å². The van der Waals surface area contributed by atoms with Gasteiger partial charge >= 0.3 is 5.97 Å². The van der Waals surface area contributed by atoms with Crippen LogP contribution in [0.3, 0.4) is 0 Å². The van der Waals surface area contributed by atoms with Crippen molar-refractivity contribution < 1.29 is 14.3 Å². The van der Waals surface area contributed by atoms with Crippen molar-refractivity contribution in [3.63, 3.8) is 0 Å². The summed E-state index contributed by atoms with van der Waals surface area (Å²) in [5, 5.41) is 4.57. The second kappa shape index (κ2) is 8.79. The van der Waals surface area contributed by atoms with Crippen LogP contribution in [0.1, 0.15) is 38.9 Å². The molecule has 0 atom stereocenters. The summed E-state index contributed by atoms with van der Waals surface area (Å²) < 4.78 is 6.90. The van der Waals surface area contributed by atoms with E-state index in [2.05, 4.69) is 5.10 Å². The highest BCUT2D eigenvalue weighted by molar-refractivity contribution is 6.17. The van der Waals surface area contributed by atoms with E-state index in [0.717, 1.165) is 16.8 Å². The lowest BCUT2D eigenvalue weighted by molar-refractivity contribution is 0.0516. The maximum Gasteiger partial charge on any atom is 0.359 e. The minimum atomic E-state index is -0.621. The molecule has 0 aliphatic carbocycles. The molecule has 31 heavy (non-hydrogen) atoms. The van der Waals surface area contributed by atoms with Crippen LogP contribution in [-0.2, 0) is 4.74 Å². The quantitative estimate of drug-likeness (QED) is 0.321. The zero-order chi connectivity index (χ0) is 21.8. The zero-order valence-electron chi connectivity index (χ0n) is 17.4. The van der Waals surface area contributed by atoms with Gasteiger partial charge in [-0.3, -0.25) is 4.79 Å². The molecule has 154 valence electrons. The summed E-state index contributed by atoms with van der Waals surface area (Å²) in [4.78, 5) is 26.4. The summed E-state index contributed by atoms with van der Waals surface area (Å²) in [5.74, 6) is -0.898. The fourth-order valence-corrected chi connectivity index (χ4v) is 3.44. The molecule has 0 radical (unpaired) electrons. The van der Waals surface area contributed by atoms with Gasteiger partial charge in [0.2, 0.25) is 0 Å². The first-order chi connectivity index (χ1) is 15.1. The number of ketones is 1. The fraction of sp³-hybridized carbons (Fsp3) is 0.115. The van der Waals surface area contributed by atoms with Crippen LogP contribution in [0.4, 0.5) is 0 Å². The molecule has 0 N–H and O–H groups in total. The van der Waals surface area contributed by atoms with Crippen LogP contribution in [0.2, 0.25) is 0 Å². The van der Waals surface area contributed by atoms with E-state index in [1.807, 2.05) is 67.6 Å². The van der Waals surface area contributed by atoms with E-state index in [1.54, 1.807) is 35.9 Å². The van der Waals surface area contributed by atoms with Gasteiger partial charge in [0.05, 0.1) is 23.6 Å². The van der Waals surface area contributed by atoms with Crippen molar-refractivity contribution in [2.24, 2.45) is 0 Å². The molecule has 0 saturated carbocycles. The summed E-state index contributed by atoms with van der Waals surface area (Å²) >= 11 is 0. The van der Waals surface area contributed by atoms with E-state index in [1.165, 1.54) is 0 Å². The molecule has 0 spiro atoms. The molecule has 5 heteroatoms. The average molecular weight is 410 g/mol. The van der Waals surface area contributed by atoms with Crippen molar-refractivity contribution >= 4 is 11.8 Å². The molecule has 1 heterocycles. The molecule has 0 amide bonds. The number of carbonyl (C=O) groups is 2. The normalized spacial score (nSPS) is 10.6. The molecular weight excluding hydrogens is 388 g/mol. The van der Waals surface area contributed by atoms with Crippen molar-refractivity contribution in [2.75, 3.05) is 6.61 Å². The number of hydrogen-bond acceptors (Lipinski definition) is 4. The fourth-order valence-electron chi connectivity index (χ4n) is 3.44. The largest absolute Gasteiger partial charge is 0.461 e. The molecule has 0 fully saturated rings. The van der Waals surface area contributed by atoms with E-state index >= 15 is 0 Å². The van der Waals surface area contributed by atoms with Gasteiger partial charge in [0.15, 0.2) is 11.5 Å². The van der Waals surface area contributed by atoms with Gasteiger partial charge < -0.3 is 4.74 Å². The van der Waals surface area contributed by atoms with Gasteiger partial charge in [0, 0.05) is 11.1 Å². The van der Waals surface area contributed by atoms with E-state index < -0.39 is 5.97 Å². The van der Waals surface area contributed by atoms with Gasteiger partial charge in [-0.1, -0.05) is 78.4 Å². The topological polar surface area (TPSA) is 61.2 Å². The number of nitrogens with zero attached hydrogens (tertiary/aromatic N) is 2. The lowest BCUT2D eigenvalue weighted by Gasteiger charge is -2.10. The van der Waals surface area contributed by atoms with E-state index in [9.17, 15) is 9.59 Å². The van der Waals surface area contributed by atoms with Crippen LogP contribution in [0.15, 0.2) is 84.9 Å². The highest BCUT2D eigenvalue weighted by Gasteiger charge is 2.30. The maximum atomic E-state index is 13.6. The van der Waals surface area contributed by atoms with Crippen LogP contribution in [-0.4, -0.2) is 28.1 Å². The summed E-state index contributed by atoms with van der Waals surface area (Å²) in [5.41, 5.74) is 3.91. The lowest BCUT2D eigenvalue weighted by atomic mass is 9.97. The number of ether oxygens (including phenoxy) is 1. The first-order valence-electron chi connectivity index (χ1n) is 10.1. The zero-order valence-corrected chi connectivity index (χ0v) is 17.4. The first-order valence-corrected chi connectivity index (χ1v) is 10.1. The second-order valence-corrected chi connectivity index (χ2v) is 7.10. The number of aryl methyl sites for hydroxylation is 1. The SMILES string of the molecule is CCOC(=O)c1nn(-c2ccc(C)cc2)c(-c2ccccc2)c1C(=O)c1ccccc1. The Labute approximate surface area is 180 Å². The van der Waals surface area contributed by atoms with Crippen LogP contribution >= 0.6 is 0 Å². The van der Waals surface area contributed by atoms with Crippen LogP contribution in [0, 0.1) is 6.92 Å². The van der Waals surface area contributed by atoms with Crippen molar-refractivity contribution in [2.45, 2.75) is 13.8 Å². The molecule has 4 aromatic rings. The molecule has 0 aliphatic heterocycles. The minimum absolute atomic E-state index is 0.00938. The van der Waals surface area contributed by atoms with E-state index in [0.29, 0.717) is 11.3 Å². The Morgan fingerprint density at radius 3 is 2.10 bits per heavy atom. The van der Waals surface area contributed by atoms with Crippen molar-refractivity contribution in [1.82, 2.24) is 9.78 Å². The first kappa shape index (κ1) is 20.3. The minimum Gasteiger partial charge on any atom is -0.461 e. The molecule has 3 aromatic carbocycles. The average Bonchev–Trinajstić information content (AvgIpc) is 3.21. The van der Waals surface area contributed by atoms with Crippen molar-refractivity contribution in [1.29, 1.82) is 0 Å². The number of carbonyl (C=O) groups excluding carboxylic acids is 2. The van der Waals surface area contributed by atoms with Gasteiger partial charge in [-0.2, -0.15) is 5.10 Å². The summed E-state index contributed by atoms with van der Waals surface area (Å²) in [6.07, 6.45) is 0. The third-order valence-electron chi connectivity index (χ3n) is 4.94. The monoisotopic (exact) mass is 410 g/mol. The Kier molecular flexibility index (Phi) is 5.76.